The van der Waals surface area contributed by atoms with Crippen molar-refractivity contribution in [3.63, 3.8) is 0 Å². The summed E-state index contributed by atoms with van der Waals surface area (Å²) in [5, 5.41) is 11.0. The van der Waals surface area contributed by atoms with Gasteiger partial charge in [0.1, 0.15) is 0 Å². The molecule has 0 rings (SSSR count). The lowest BCUT2D eigenvalue weighted by atomic mass is 9.92. The van der Waals surface area contributed by atoms with Gasteiger partial charge in [0.05, 0.1) is 26.2 Å². The molecule has 0 aliphatic carbocycles. The highest BCUT2D eigenvalue weighted by Gasteiger charge is 2.54. The van der Waals surface area contributed by atoms with Crippen LogP contribution in [0.5, 0.6) is 0 Å². The van der Waals surface area contributed by atoms with Gasteiger partial charge in [-0.2, -0.15) is 0 Å². The highest BCUT2D eigenvalue weighted by atomic mass is 16.6. The topological polar surface area (TPSA) is 125 Å². The van der Waals surface area contributed by atoms with Crippen LogP contribution >= 0.6 is 0 Å². The zero-order valence-electron chi connectivity index (χ0n) is 17.9. The molecule has 0 amide bonds. The maximum absolute atomic E-state index is 12.6. The fourth-order valence-electron chi connectivity index (χ4n) is 2.21. The van der Waals surface area contributed by atoms with Gasteiger partial charge in [0.25, 0.3) is 0 Å². The van der Waals surface area contributed by atoms with Crippen molar-refractivity contribution in [2.24, 2.45) is 0 Å². The summed E-state index contributed by atoms with van der Waals surface area (Å²) in [6.45, 7) is 6.74. The molecule has 0 fully saturated rings. The highest BCUT2D eigenvalue weighted by Crippen LogP contribution is 2.24. The summed E-state index contributed by atoms with van der Waals surface area (Å²) in [6.07, 6.45) is 0.912. The minimum absolute atomic E-state index is 0.00894. The van der Waals surface area contributed by atoms with E-state index in [-0.39, 0.29) is 19.8 Å². The Morgan fingerprint density at radius 1 is 0.828 bits per heavy atom. The Balaban J connectivity index is 5.62. The molecule has 0 aliphatic rings. The van der Waals surface area contributed by atoms with Crippen LogP contribution in [0.3, 0.4) is 0 Å². The molecule has 0 radical (unpaired) electrons. The first-order chi connectivity index (χ1) is 13.7. The second-order valence-electron chi connectivity index (χ2n) is 6.68. The normalized spacial score (nSPS) is 13.7. The van der Waals surface area contributed by atoms with Crippen LogP contribution in [0, 0.1) is 0 Å². The number of carbonyl (C=O) groups is 4. The van der Waals surface area contributed by atoms with E-state index in [4.69, 9.17) is 18.9 Å². The standard InChI is InChI=1S/C20H34O9/c1-5-8-11-26-16(22)14-20(25,19(24)28-13-10-7-3)17(29-15(4)21)18(23)27-12-9-6-2/h17,25H,5-14H2,1-4H3. The number of aliphatic hydroxyl groups is 1. The fourth-order valence-corrected chi connectivity index (χ4v) is 2.21. The van der Waals surface area contributed by atoms with E-state index in [2.05, 4.69) is 0 Å². The zero-order chi connectivity index (χ0) is 22.3. The molecular weight excluding hydrogens is 384 g/mol. The molecule has 0 aromatic rings. The van der Waals surface area contributed by atoms with E-state index in [0.717, 1.165) is 26.2 Å². The van der Waals surface area contributed by atoms with Gasteiger partial charge >= 0.3 is 23.9 Å². The van der Waals surface area contributed by atoms with Gasteiger partial charge in [-0.05, 0) is 19.3 Å². The van der Waals surface area contributed by atoms with Crippen LogP contribution in [0.15, 0.2) is 0 Å². The molecule has 2 unspecified atom stereocenters. The van der Waals surface area contributed by atoms with Crippen LogP contribution in [0.25, 0.3) is 0 Å². The number of hydrogen-bond acceptors (Lipinski definition) is 9. The molecule has 0 saturated carbocycles. The molecule has 0 aromatic carbocycles. The van der Waals surface area contributed by atoms with Crippen molar-refractivity contribution in [1.82, 2.24) is 0 Å². The molecule has 1 N–H and O–H groups in total. The van der Waals surface area contributed by atoms with Crippen molar-refractivity contribution < 1.29 is 43.2 Å². The van der Waals surface area contributed by atoms with Crippen molar-refractivity contribution in [3.8, 4) is 0 Å². The third kappa shape index (κ3) is 10.3. The summed E-state index contributed by atoms with van der Waals surface area (Å²) in [6, 6.07) is 0. The number of unbranched alkanes of at least 4 members (excludes halogenated alkanes) is 3. The van der Waals surface area contributed by atoms with E-state index >= 15 is 0 Å². The Bertz CT molecular complexity index is 532. The quantitative estimate of drug-likeness (QED) is 0.242. The molecule has 29 heavy (non-hydrogen) atoms. The Morgan fingerprint density at radius 2 is 1.31 bits per heavy atom. The Morgan fingerprint density at radius 3 is 1.79 bits per heavy atom. The average Bonchev–Trinajstić information content (AvgIpc) is 2.66. The van der Waals surface area contributed by atoms with Gasteiger partial charge in [-0.15, -0.1) is 0 Å². The predicted molar refractivity (Wildman–Crippen MR) is 103 cm³/mol. The highest BCUT2D eigenvalue weighted by molar-refractivity contribution is 5.94. The Labute approximate surface area is 172 Å². The molecule has 2 atom stereocenters. The molecule has 9 heteroatoms. The van der Waals surface area contributed by atoms with Crippen LogP contribution < -0.4 is 0 Å². The van der Waals surface area contributed by atoms with Crippen molar-refractivity contribution >= 4 is 23.9 Å². The smallest absolute Gasteiger partial charge is 0.351 e. The third-order valence-electron chi connectivity index (χ3n) is 3.93. The van der Waals surface area contributed by atoms with Crippen molar-refractivity contribution in [2.45, 2.75) is 84.3 Å². The SMILES string of the molecule is CCCCOC(=O)CC(O)(C(=O)OCCCC)C(OC(C)=O)C(=O)OCCCC. The molecule has 0 heterocycles. The van der Waals surface area contributed by atoms with Crippen LogP contribution in [-0.2, 0) is 38.1 Å². The van der Waals surface area contributed by atoms with Crippen molar-refractivity contribution in [3.05, 3.63) is 0 Å². The van der Waals surface area contributed by atoms with E-state index in [1.807, 2.05) is 20.8 Å². The second kappa shape index (κ2) is 14.8. The minimum Gasteiger partial charge on any atom is -0.466 e. The van der Waals surface area contributed by atoms with Gasteiger partial charge < -0.3 is 24.1 Å². The number of esters is 4. The number of rotatable bonds is 15. The largest absolute Gasteiger partial charge is 0.466 e. The fraction of sp³-hybridized carbons (Fsp3) is 0.800. The lowest BCUT2D eigenvalue weighted by Crippen LogP contribution is -2.57. The molecule has 0 aliphatic heterocycles. The van der Waals surface area contributed by atoms with Gasteiger partial charge in [-0.25, -0.2) is 9.59 Å². The van der Waals surface area contributed by atoms with E-state index in [9.17, 15) is 24.3 Å². The summed E-state index contributed by atoms with van der Waals surface area (Å²) < 4.78 is 19.9. The summed E-state index contributed by atoms with van der Waals surface area (Å²) in [7, 11) is 0. The van der Waals surface area contributed by atoms with Crippen LogP contribution in [0.1, 0.15) is 72.6 Å². The van der Waals surface area contributed by atoms with Gasteiger partial charge in [0.2, 0.25) is 11.7 Å². The summed E-state index contributed by atoms with van der Waals surface area (Å²) in [5.41, 5.74) is -2.76. The van der Waals surface area contributed by atoms with Crippen LogP contribution in [0.4, 0.5) is 0 Å². The van der Waals surface area contributed by atoms with Gasteiger partial charge in [-0.3, -0.25) is 9.59 Å². The lowest BCUT2D eigenvalue weighted by Gasteiger charge is -2.31. The van der Waals surface area contributed by atoms with Crippen molar-refractivity contribution in [1.29, 1.82) is 0 Å². The Hall–Kier alpha value is -2.16. The summed E-state index contributed by atoms with van der Waals surface area (Å²) in [5.74, 6) is -4.24. The maximum Gasteiger partial charge on any atom is 0.351 e. The molecular formula is C20H34O9. The van der Waals surface area contributed by atoms with Crippen LogP contribution in [-0.4, -0.2) is 60.5 Å². The molecule has 0 spiro atoms. The van der Waals surface area contributed by atoms with E-state index in [1.165, 1.54) is 0 Å². The minimum atomic E-state index is -2.76. The first-order valence-electron chi connectivity index (χ1n) is 10.1. The summed E-state index contributed by atoms with van der Waals surface area (Å²) in [4.78, 5) is 48.7. The van der Waals surface area contributed by atoms with Gasteiger partial charge in [-0.1, -0.05) is 40.0 Å². The predicted octanol–water partition coefficient (Wildman–Crippen LogP) is 2.07. The van der Waals surface area contributed by atoms with E-state index < -0.39 is 42.0 Å². The second-order valence-corrected chi connectivity index (χ2v) is 6.68. The number of ether oxygens (including phenoxy) is 4. The van der Waals surface area contributed by atoms with Gasteiger partial charge in [0.15, 0.2) is 0 Å². The van der Waals surface area contributed by atoms with E-state index in [1.54, 1.807) is 0 Å². The third-order valence-corrected chi connectivity index (χ3v) is 3.93. The monoisotopic (exact) mass is 418 g/mol. The Kier molecular flexibility index (Phi) is 13.7. The molecule has 0 aromatic heterocycles. The number of carbonyl (C=O) groups excluding carboxylic acids is 4. The first-order valence-corrected chi connectivity index (χ1v) is 10.1. The lowest BCUT2D eigenvalue weighted by molar-refractivity contribution is -0.202. The summed E-state index contributed by atoms with van der Waals surface area (Å²) >= 11 is 0. The molecule has 9 nitrogen and oxygen atoms in total. The number of hydrogen-bond donors (Lipinski definition) is 1. The molecule has 0 saturated heterocycles. The average molecular weight is 418 g/mol. The molecule has 168 valence electrons. The first kappa shape index (κ1) is 26.8. The maximum atomic E-state index is 12.6. The van der Waals surface area contributed by atoms with Crippen LogP contribution in [0.2, 0.25) is 0 Å². The zero-order valence-corrected chi connectivity index (χ0v) is 17.9. The van der Waals surface area contributed by atoms with Crippen molar-refractivity contribution in [2.75, 3.05) is 19.8 Å². The molecule has 0 bridgehead atoms. The van der Waals surface area contributed by atoms with Gasteiger partial charge in [0, 0.05) is 6.92 Å². The van der Waals surface area contributed by atoms with E-state index in [0.29, 0.717) is 19.3 Å².